The number of hydrogen-bond donors (Lipinski definition) is 1. The number of benzene rings is 3. The zero-order valence-corrected chi connectivity index (χ0v) is 19.5. The molecule has 1 heterocycles. The van der Waals surface area contributed by atoms with Crippen molar-refractivity contribution in [1.82, 2.24) is 14.8 Å². The minimum Gasteiger partial charge on any atom is -0.494 e. The number of amides is 1. The number of halogens is 1. The predicted molar refractivity (Wildman–Crippen MR) is 129 cm³/mol. The van der Waals surface area contributed by atoms with E-state index in [0.717, 1.165) is 27.9 Å². The van der Waals surface area contributed by atoms with Crippen molar-refractivity contribution in [2.24, 2.45) is 0 Å². The summed E-state index contributed by atoms with van der Waals surface area (Å²) in [6, 6.07) is 23.0. The minimum atomic E-state index is -0.364. The van der Waals surface area contributed by atoms with Crippen molar-refractivity contribution >= 4 is 27.5 Å². The summed E-state index contributed by atoms with van der Waals surface area (Å²) in [7, 11) is 0. The molecule has 1 aromatic heterocycles. The maximum absolute atomic E-state index is 12.9. The van der Waals surface area contributed by atoms with Crippen molar-refractivity contribution < 1.29 is 9.53 Å². The van der Waals surface area contributed by atoms with E-state index >= 15 is 0 Å². The summed E-state index contributed by atoms with van der Waals surface area (Å²) in [5.41, 5.74) is 3.54. The Labute approximate surface area is 195 Å². The number of ether oxygens (including phenoxy) is 1. The summed E-state index contributed by atoms with van der Waals surface area (Å²) in [5.74, 6) is 1.08. The third kappa shape index (κ3) is 4.89. The standard InChI is InChI=1S/C25H23BrN4O2/c1-3-17-5-11-20(12-6-17)27-25(31)23-28-24(18-7-9-19(26)10-8-18)30(29-23)21-13-15-22(16-14-21)32-4-2/h5-16H,3-4H2,1-2H3,(H,27,31). The molecule has 0 radical (unpaired) electrons. The topological polar surface area (TPSA) is 69.0 Å². The molecule has 0 saturated carbocycles. The molecule has 4 rings (SSSR count). The van der Waals surface area contributed by atoms with Gasteiger partial charge in [0, 0.05) is 15.7 Å². The number of carbonyl (C=O) groups excluding carboxylic acids is 1. The molecule has 7 heteroatoms. The van der Waals surface area contributed by atoms with Crippen molar-refractivity contribution in [2.45, 2.75) is 20.3 Å². The van der Waals surface area contributed by atoms with Crippen LogP contribution in [0.25, 0.3) is 17.1 Å². The van der Waals surface area contributed by atoms with Crippen LogP contribution in [0, 0.1) is 0 Å². The van der Waals surface area contributed by atoms with Crippen molar-refractivity contribution in [3.05, 3.63) is 88.7 Å². The number of nitrogens with zero attached hydrogens (tertiary/aromatic N) is 3. The van der Waals surface area contributed by atoms with Crippen LogP contribution in [0.5, 0.6) is 5.75 Å². The van der Waals surface area contributed by atoms with Crippen LogP contribution in [0.2, 0.25) is 0 Å². The van der Waals surface area contributed by atoms with E-state index in [2.05, 4.69) is 38.3 Å². The van der Waals surface area contributed by atoms with Gasteiger partial charge in [-0.15, -0.1) is 5.10 Å². The number of hydrogen-bond acceptors (Lipinski definition) is 4. The van der Waals surface area contributed by atoms with Gasteiger partial charge >= 0.3 is 0 Å². The fourth-order valence-electron chi connectivity index (χ4n) is 3.24. The Kier molecular flexibility index (Phi) is 6.66. The summed E-state index contributed by atoms with van der Waals surface area (Å²) in [4.78, 5) is 17.5. The molecule has 162 valence electrons. The molecule has 0 fully saturated rings. The van der Waals surface area contributed by atoms with Gasteiger partial charge in [-0.2, -0.15) is 0 Å². The third-order valence-corrected chi connectivity index (χ3v) is 5.45. The van der Waals surface area contributed by atoms with Gasteiger partial charge in [-0.05, 0) is 67.4 Å². The highest BCUT2D eigenvalue weighted by Gasteiger charge is 2.19. The molecule has 0 atom stereocenters. The first-order valence-corrected chi connectivity index (χ1v) is 11.2. The number of aryl methyl sites for hydroxylation is 1. The minimum absolute atomic E-state index is 0.0939. The van der Waals surface area contributed by atoms with Crippen LogP contribution in [0.1, 0.15) is 30.0 Å². The first-order chi connectivity index (χ1) is 15.6. The van der Waals surface area contributed by atoms with Crippen LogP contribution in [0.4, 0.5) is 5.69 Å². The number of carbonyl (C=O) groups is 1. The molecule has 4 aromatic rings. The Bertz CT molecular complexity index is 1200. The summed E-state index contributed by atoms with van der Waals surface area (Å²) in [6.45, 7) is 4.63. The lowest BCUT2D eigenvalue weighted by molar-refractivity contribution is 0.101. The Morgan fingerprint density at radius 2 is 1.66 bits per heavy atom. The van der Waals surface area contributed by atoms with Crippen LogP contribution in [-0.4, -0.2) is 27.3 Å². The second-order valence-electron chi connectivity index (χ2n) is 7.11. The van der Waals surface area contributed by atoms with Gasteiger partial charge in [0.1, 0.15) is 5.75 Å². The van der Waals surface area contributed by atoms with Gasteiger partial charge in [-0.1, -0.05) is 47.1 Å². The average Bonchev–Trinajstić information content (AvgIpc) is 3.26. The Balaban J connectivity index is 1.69. The monoisotopic (exact) mass is 490 g/mol. The molecule has 0 saturated heterocycles. The summed E-state index contributed by atoms with van der Waals surface area (Å²) >= 11 is 3.46. The van der Waals surface area contributed by atoms with E-state index < -0.39 is 0 Å². The van der Waals surface area contributed by atoms with Gasteiger partial charge in [0.2, 0.25) is 5.82 Å². The van der Waals surface area contributed by atoms with E-state index in [1.165, 1.54) is 5.56 Å². The molecule has 32 heavy (non-hydrogen) atoms. The third-order valence-electron chi connectivity index (χ3n) is 4.93. The zero-order valence-electron chi connectivity index (χ0n) is 17.9. The molecular formula is C25H23BrN4O2. The SMILES string of the molecule is CCOc1ccc(-n2nc(C(=O)Nc3ccc(CC)cc3)nc2-c2ccc(Br)cc2)cc1. The van der Waals surface area contributed by atoms with E-state index in [1.54, 1.807) is 4.68 Å². The second kappa shape index (κ2) is 9.78. The highest BCUT2D eigenvalue weighted by Crippen LogP contribution is 2.25. The summed E-state index contributed by atoms with van der Waals surface area (Å²) in [6.07, 6.45) is 0.943. The Hall–Kier alpha value is -3.45. The van der Waals surface area contributed by atoms with Crippen molar-refractivity contribution in [2.75, 3.05) is 11.9 Å². The normalized spacial score (nSPS) is 10.7. The number of anilines is 1. The van der Waals surface area contributed by atoms with Crippen molar-refractivity contribution in [1.29, 1.82) is 0 Å². The number of aromatic nitrogens is 3. The van der Waals surface area contributed by atoms with E-state index in [-0.39, 0.29) is 11.7 Å². The molecule has 0 aliphatic carbocycles. The lowest BCUT2D eigenvalue weighted by atomic mass is 10.1. The van der Waals surface area contributed by atoms with Gasteiger partial charge in [0.25, 0.3) is 5.91 Å². The van der Waals surface area contributed by atoms with Crippen molar-refractivity contribution in [3.63, 3.8) is 0 Å². The molecular weight excluding hydrogens is 468 g/mol. The van der Waals surface area contributed by atoms with E-state index in [0.29, 0.717) is 18.1 Å². The molecule has 1 amide bonds. The van der Waals surface area contributed by atoms with E-state index in [9.17, 15) is 4.79 Å². The summed E-state index contributed by atoms with van der Waals surface area (Å²) in [5, 5.41) is 7.41. The summed E-state index contributed by atoms with van der Waals surface area (Å²) < 4.78 is 8.17. The molecule has 0 bridgehead atoms. The maximum Gasteiger partial charge on any atom is 0.295 e. The number of nitrogens with one attached hydrogen (secondary N) is 1. The van der Waals surface area contributed by atoms with Gasteiger partial charge in [0.15, 0.2) is 5.82 Å². The van der Waals surface area contributed by atoms with Crippen LogP contribution in [0.15, 0.2) is 77.3 Å². The van der Waals surface area contributed by atoms with Crippen molar-refractivity contribution in [3.8, 4) is 22.8 Å². The van der Waals surface area contributed by atoms with Crippen LogP contribution < -0.4 is 10.1 Å². The molecule has 3 aromatic carbocycles. The van der Waals surface area contributed by atoms with Gasteiger partial charge in [0.05, 0.1) is 12.3 Å². The van der Waals surface area contributed by atoms with E-state index in [1.807, 2.05) is 79.7 Å². The van der Waals surface area contributed by atoms with Crippen LogP contribution in [-0.2, 0) is 6.42 Å². The Morgan fingerprint density at radius 3 is 2.28 bits per heavy atom. The Morgan fingerprint density at radius 1 is 0.969 bits per heavy atom. The predicted octanol–water partition coefficient (Wildman–Crippen LogP) is 5.91. The lowest BCUT2D eigenvalue weighted by Crippen LogP contribution is -2.14. The first-order valence-electron chi connectivity index (χ1n) is 10.4. The van der Waals surface area contributed by atoms with Crippen LogP contribution in [0.3, 0.4) is 0 Å². The largest absolute Gasteiger partial charge is 0.494 e. The quantitative estimate of drug-likeness (QED) is 0.349. The molecule has 1 N–H and O–H groups in total. The fraction of sp³-hybridized carbons (Fsp3) is 0.160. The average molecular weight is 491 g/mol. The smallest absolute Gasteiger partial charge is 0.295 e. The molecule has 0 aliphatic heterocycles. The highest BCUT2D eigenvalue weighted by molar-refractivity contribution is 9.10. The van der Waals surface area contributed by atoms with Gasteiger partial charge in [-0.3, -0.25) is 4.79 Å². The van der Waals surface area contributed by atoms with Crippen LogP contribution >= 0.6 is 15.9 Å². The number of rotatable bonds is 7. The fourth-order valence-corrected chi connectivity index (χ4v) is 3.50. The highest BCUT2D eigenvalue weighted by atomic mass is 79.9. The van der Waals surface area contributed by atoms with E-state index in [4.69, 9.17) is 4.74 Å². The molecule has 0 spiro atoms. The van der Waals surface area contributed by atoms with Gasteiger partial charge in [-0.25, -0.2) is 9.67 Å². The molecule has 0 aliphatic rings. The lowest BCUT2D eigenvalue weighted by Gasteiger charge is -2.08. The molecule has 6 nitrogen and oxygen atoms in total. The zero-order chi connectivity index (χ0) is 22.5. The maximum atomic E-state index is 12.9. The second-order valence-corrected chi connectivity index (χ2v) is 8.02. The van der Waals surface area contributed by atoms with Gasteiger partial charge < -0.3 is 10.1 Å². The molecule has 0 unspecified atom stereocenters. The first kappa shape index (κ1) is 21.8.